The standard InChI is InChI=1S/C14H12ClF4N3O/c1-7-12(20-13(23)14(17,18)19)8(2)22(21-7)6-9-3-4-10(16)5-11(9)15/h3-5H,6H2,1-2H3,(H,20,23). The fourth-order valence-electron chi connectivity index (χ4n) is 2.03. The second kappa shape index (κ2) is 6.19. The Morgan fingerprint density at radius 1 is 1.35 bits per heavy atom. The highest BCUT2D eigenvalue weighted by Crippen LogP contribution is 2.25. The maximum absolute atomic E-state index is 13.0. The molecule has 0 saturated carbocycles. The summed E-state index contributed by atoms with van der Waals surface area (Å²) in [6, 6.07) is 3.82. The van der Waals surface area contributed by atoms with Crippen LogP contribution >= 0.6 is 11.6 Å². The number of carbonyl (C=O) groups excluding carboxylic acids is 1. The van der Waals surface area contributed by atoms with Gasteiger partial charge in [0.1, 0.15) is 5.82 Å². The number of alkyl halides is 3. The molecular weight excluding hydrogens is 338 g/mol. The van der Waals surface area contributed by atoms with Crippen molar-refractivity contribution < 1.29 is 22.4 Å². The Morgan fingerprint density at radius 3 is 2.57 bits per heavy atom. The minimum absolute atomic E-state index is 0.00874. The fraction of sp³-hybridized carbons (Fsp3) is 0.286. The smallest absolute Gasteiger partial charge is 0.315 e. The molecule has 1 amide bonds. The van der Waals surface area contributed by atoms with E-state index in [0.29, 0.717) is 11.3 Å². The first-order valence-corrected chi connectivity index (χ1v) is 6.83. The zero-order valence-corrected chi connectivity index (χ0v) is 12.9. The maximum atomic E-state index is 13.0. The summed E-state index contributed by atoms with van der Waals surface area (Å²) in [6.07, 6.45) is -4.98. The molecule has 124 valence electrons. The molecule has 0 aliphatic heterocycles. The summed E-state index contributed by atoms with van der Waals surface area (Å²) in [5, 5.41) is 6.07. The van der Waals surface area contributed by atoms with Crippen LogP contribution in [0.5, 0.6) is 0 Å². The number of amides is 1. The Balaban J connectivity index is 2.29. The molecule has 2 aromatic rings. The van der Waals surface area contributed by atoms with Crippen LogP contribution in [0.15, 0.2) is 18.2 Å². The van der Waals surface area contributed by atoms with Crippen molar-refractivity contribution in [3.63, 3.8) is 0 Å². The van der Waals surface area contributed by atoms with E-state index in [0.717, 1.165) is 6.07 Å². The lowest BCUT2D eigenvalue weighted by atomic mass is 10.2. The molecule has 0 saturated heterocycles. The van der Waals surface area contributed by atoms with Crippen LogP contribution in [0, 0.1) is 19.7 Å². The molecule has 2 rings (SSSR count). The molecule has 0 radical (unpaired) electrons. The number of aryl methyl sites for hydroxylation is 1. The quantitative estimate of drug-likeness (QED) is 0.856. The van der Waals surface area contributed by atoms with Gasteiger partial charge in [-0.05, 0) is 31.5 Å². The van der Waals surface area contributed by atoms with E-state index in [-0.39, 0.29) is 22.9 Å². The summed E-state index contributed by atoms with van der Waals surface area (Å²) in [7, 11) is 0. The summed E-state index contributed by atoms with van der Waals surface area (Å²) in [6.45, 7) is 3.12. The normalized spacial score (nSPS) is 11.6. The zero-order chi connectivity index (χ0) is 17.4. The van der Waals surface area contributed by atoms with Gasteiger partial charge < -0.3 is 5.32 Å². The van der Waals surface area contributed by atoms with Gasteiger partial charge in [-0.3, -0.25) is 9.48 Å². The van der Waals surface area contributed by atoms with Gasteiger partial charge in [-0.25, -0.2) is 4.39 Å². The minimum Gasteiger partial charge on any atom is -0.315 e. The van der Waals surface area contributed by atoms with Gasteiger partial charge >= 0.3 is 12.1 Å². The van der Waals surface area contributed by atoms with E-state index in [1.807, 2.05) is 5.32 Å². The largest absolute Gasteiger partial charge is 0.471 e. The van der Waals surface area contributed by atoms with Crippen molar-refractivity contribution in [2.75, 3.05) is 5.32 Å². The van der Waals surface area contributed by atoms with Crippen LogP contribution in [0.25, 0.3) is 0 Å². The van der Waals surface area contributed by atoms with Crippen molar-refractivity contribution in [1.82, 2.24) is 9.78 Å². The van der Waals surface area contributed by atoms with Crippen molar-refractivity contribution >= 4 is 23.2 Å². The molecule has 23 heavy (non-hydrogen) atoms. The molecule has 0 fully saturated rings. The lowest BCUT2D eigenvalue weighted by Crippen LogP contribution is -2.30. The molecule has 4 nitrogen and oxygen atoms in total. The molecule has 0 atom stereocenters. The minimum atomic E-state index is -4.98. The number of anilines is 1. The summed E-state index contributed by atoms with van der Waals surface area (Å²) >= 11 is 5.92. The van der Waals surface area contributed by atoms with Crippen LogP contribution in [0.1, 0.15) is 17.0 Å². The van der Waals surface area contributed by atoms with E-state index < -0.39 is 17.9 Å². The third-order valence-corrected chi connectivity index (χ3v) is 3.56. The number of nitrogens with one attached hydrogen (secondary N) is 1. The number of nitrogens with zero attached hydrogens (tertiary/aromatic N) is 2. The van der Waals surface area contributed by atoms with Crippen molar-refractivity contribution in [3.05, 3.63) is 46.0 Å². The molecule has 9 heteroatoms. The van der Waals surface area contributed by atoms with E-state index in [1.165, 1.54) is 30.7 Å². The second-order valence-electron chi connectivity index (χ2n) is 4.89. The van der Waals surface area contributed by atoms with Crippen molar-refractivity contribution in [2.45, 2.75) is 26.6 Å². The summed E-state index contributed by atoms with van der Waals surface area (Å²) < 4.78 is 51.5. The number of carbonyl (C=O) groups is 1. The van der Waals surface area contributed by atoms with E-state index in [1.54, 1.807) is 0 Å². The van der Waals surface area contributed by atoms with Crippen LogP contribution in [0.4, 0.5) is 23.2 Å². The SMILES string of the molecule is Cc1nn(Cc2ccc(F)cc2Cl)c(C)c1NC(=O)C(F)(F)F. The number of aromatic nitrogens is 2. The average Bonchev–Trinajstić information content (AvgIpc) is 2.68. The molecule has 0 aliphatic rings. The van der Waals surface area contributed by atoms with Gasteiger partial charge in [0.05, 0.1) is 23.6 Å². The highest BCUT2D eigenvalue weighted by atomic mass is 35.5. The highest BCUT2D eigenvalue weighted by molar-refractivity contribution is 6.31. The number of halogens is 5. The maximum Gasteiger partial charge on any atom is 0.471 e. The first kappa shape index (κ1) is 17.3. The van der Waals surface area contributed by atoms with Crippen LogP contribution in [-0.4, -0.2) is 21.9 Å². The third kappa shape index (κ3) is 3.82. The monoisotopic (exact) mass is 349 g/mol. The van der Waals surface area contributed by atoms with E-state index in [9.17, 15) is 22.4 Å². The first-order chi connectivity index (χ1) is 10.6. The van der Waals surface area contributed by atoms with E-state index >= 15 is 0 Å². The Hall–Kier alpha value is -2.09. The van der Waals surface area contributed by atoms with Crippen LogP contribution in [0.2, 0.25) is 5.02 Å². The number of hydrogen-bond acceptors (Lipinski definition) is 2. The number of benzene rings is 1. The molecule has 1 heterocycles. The molecule has 0 unspecified atom stereocenters. The molecule has 0 spiro atoms. The second-order valence-corrected chi connectivity index (χ2v) is 5.30. The molecule has 0 bridgehead atoms. The molecular formula is C14H12ClF4N3O. The highest BCUT2D eigenvalue weighted by Gasteiger charge is 2.39. The van der Waals surface area contributed by atoms with Crippen LogP contribution in [-0.2, 0) is 11.3 Å². The van der Waals surface area contributed by atoms with Crippen molar-refractivity contribution in [2.24, 2.45) is 0 Å². The Kier molecular flexibility index (Phi) is 4.65. The van der Waals surface area contributed by atoms with Gasteiger partial charge in [0, 0.05) is 5.02 Å². The average molecular weight is 350 g/mol. The lowest BCUT2D eigenvalue weighted by molar-refractivity contribution is -0.167. The lowest BCUT2D eigenvalue weighted by Gasteiger charge is -2.09. The van der Waals surface area contributed by atoms with Gasteiger partial charge in [0.25, 0.3) is 0 Å². The van der Waals surface area contributed by atoms with Gasteiger partial charge in [-0.15, -0.1) is 0 Å². The topological polar surface area (TPSA) is 46.9 Å². The van der Waals surface area contributed by atoms with Crippen LogP contribution in [0.3, 0.4) is 0 Å². The molecule has 1 aromatic heterocycles. The summed E-state index contributed by atoms with van der Waals surface area (Å²) in [5.41, 5.74) is 1.11. The third-order valence-electron chi connectivity index (χ3n) is 3.21. The molecule has 1 aromatic carbocycles. The Labute approximate surface area is 134 Å². The van der Waals surface area contributed by atoms with Gasteiger partial charge in [-0.2, -0.15) is 18.3 Å². The number of rotatable bonds is 3. The zero-order valence-electron chi connectivity index (χ0n) is 12.1. The molecule has 1 N–H and O–H groups in total. The Bertz CT molecular complexity index is 755. The predicted molar refractivity (Wildman–Crippen MR) is 76.9 cm³/mol. The fourth-order valence-corrected chi connectivity index (χ4v) is 2.25. The summed E-state index contributed by atoms with van der Waals surface area (Å²) in [5.74, 6) is -2.56. The molecule has 0 aliphatic carbocycles. The first-order valence-electron chi connectivity index (χ1n) is 6.45. The number of hydrogen-bond donors (Lipinski definition) is 1. The van der Waals surface area contributed by atoms with Gasteiger partial charge in [0.15, 0.2) is 0 Å². The van der Waals surface area contributed by atoms with Crippen LogP contribution < -0.4 is 5.32 Å². The van der Waals surface area contributed by atoms with Gasteiger partial charge in [-0.1, -0.05) is 17.7 Å². The van der Waals surface area contributed by atoms with E-state index in [2.05, 4.69) is 5.10 Å². The van der Waals surface area contributed by atoms with Crippen molar-refractivity contribution in [3.8, 4) is 0 Å². The summed E-state index contributed by atoms with van der Waals surface area (Å²) in [4.78, 5) is 11.1. The van der Waals surface area contributed by atoms with E-state index in [4.69, 9.17) is 11.6 Å². The Morgan fingerprint density at radius 2 is 2.00 bits per heavy atom. The predicted octanol–water partition coefficient (Wildman–Crippen LogP) is 3.84. The van der Waals surface area contributed by atoms with Crippen molar-refractivity contribution in [1.29, 1.82) is 0 Å². The van der Waals surface area contributed by atoms with Gasteiger partial charge in [0.2, 0.25) is 0 Å².